The lowest BCUT2D eigenvalue weighted by molar-refractivity contribution is 0.0922. The van der Waals surface area contributed by atoms with E-state index in [0.29, 0.717) is 6.54 Å². The molecular formula is C22H21NO4. The standard InChI is InChI=1S/C22H21NO4/c24-19-14-20(22(25)23-13-7-12-17-8-3-1-4-9-17)27-16-21(19)26-15-18-10-5-2-6-11-18/h1-6,8-11,14,16H,7,12-13,15H2,(H,23,25). The van der Waals surface area contributed by atoms with E-state index >= 15 is 0 Å². The zero-order valence-corrected chi connectivity index (χ0v) is 14.9. The van der Waals surface area contributed by atoms with E-state index in [1.54, 1.807) is 0 Å². The first kappa shape index (κ1) is 18.5. The zero-order chi connectivity index (χ0) is 18.9. The molecule has 0 atom stereocenters. The minimum Gasteiger partial charge on any atom is -0.482 e. The highest BCUT2D eigenvalue weighted by Crippen LogP contribution is 2.09. The van der Waals surface area contributed by atoms with Crippen LogP contribution in [0, 0.1) is 0 Å². The summed E-state index contributed by atoms with van der Waals surface area (Å²) < 4.78 is 10.7. The minimum absolute atomic E-state index is 0.0215. The lowest BCUT2D eigenvalue weighted by Crippen LogP contribution is -2.25. The largest absolute Gasteiger partial charge is 0.482 e. The Morgan fingerprint density at radius 2 is 1.63 bits per heavy atom. The van der Waals surface area contributed by atoms with Crippen molar-refractivity contribution in [2.45, 2.75) is 19.4 Å². The topological polar surface area (TPSA) is 68.5 Å². The molecule has 5 heteroatoms. The van der Waals surface area contributed by atoms with Crippen LogP contribution in [0.1, 0.15) is 28.1 Å². The molecule has 0 fully saturated rings. The van der Waals surface area contributed by atoms with Crippen molar-refractivity contribution in [3.8, 4) is 5.75 Å². The highest BCUT2D eigenvalue weighted by molar-refractivity contribution is 5.91. The van der Waals surface area contributed by atoms with E-state index in [1.165, 1.54) is 11.8 Å². The highest BCUT2D eigenvalue weighted by Gasteiger charge is 2.11. The van der Waals surface area contributed by atoms with Gasteiger partial charge in [-0.3, -0.25) is 9.59 Å². The van der Waals surface area contributed by atoms with E-state index in [-0.39, 0.29) is 23.5 Å². The van der Waals surface area contributed by atoms with Gasteiger partial charge in [0, 0.05) is 12.6 Å². The molecule has 138 valence electrons. The first-order valence-corrected chi connectivity index (χ1v) is 8.84. The number of hydrogen-bond acceptors (Lipinski definition) is 4. The molecule has 1 amide bonds. The molecule has 0 aliphatic carbocycles. The number of nitrogens with one attached hydrogen (secondary N) is 1. The molecule has 0 aliphatic rings. The van der Waals surface area contributed by atoms with Crippen LogP contribution in [0.5, 0.6) is 5.75 Å². The molecule has 2 aromatic carbocycles. The van der Waals surface area contributed by atoms with Gasteiger partial charge in [-0.05, 0) is 24.0 Å². The summed E-state index contributed by atoms with van der Waals surface area (Å²) in [5, 5.41) is 2.76. The lowest BCUT2D eigenvalue weighted by Gasteiger charge is -2.07. The van der Waals surface area contributed by atoms with Gasteiger partial charge in [-0.15, -0.1) is 0 Å². The van der Waals surface area contributed by atoms with Crippen LogP contribution < -0.4 is 15.5 Å². The summed E-state index contributed by atoms with van der Waals surface area (Å²) in [4.78, 5) is 24.2. The number of hydrogen-bond donors (Lipinski definition) is 1. The summed E-state index contributed by atoms with van der Waals surface area (Å²) in [5.41, 5.74) is 1.78. The van der Waals surface area contributed by atoms with Crippen LogP contribution in [0.3, 0.4) is 0 Å². The van der Waals surface area contributed by atoms with Crippen molar-refractivity contribution in [1.29, 1.82) is 0 Å². The number of carbonyl (C=O) groups is 1. The molecule has 0 bridgehead atoms. The average molecular weight is 363 g/mol. The van der Waals surface area contributed by atoms with Crippen LogP contribution in [0.4, 0.5) is 0 Å². The molecule has 3 aromatic rings. The number of benzene rings is 2. The maximum atomic E-state index is 12.1. The molecule has 1 heterocycles. The van der Waals surface area contributed by atoms with Crippen LogP contribution in [-0.4, -0.2) is 12.5 Å². The number of carbonyl (C=O) groups excluding carboxylic acids is 1. The van der Waals surface area contributed by atoms with Gasteiger partial charge in [0.1, 0.15) is 12.9 Å². The predicted octanol–water partition coefficient (Wildman–Crippen LogP) is 3.58. The molecule has 0 saturated heterocycles. The molecule has 0 unspecified atom stereocenters. The maximum absolute atomic E-state index is 12.1. The Labute approximate surface area is 157 Å². The van der Waals surface area contributed by atoms with Gasteiger partial charge in [0.15, 0.2) is 5.76 Å². The van der Waals surface area contributed by atoms with E-state index in [1.807, 2.05) is 48.5 Å². The zero-order valence-electron chi connectivity index (χ0n) is 14.9. The molecule has 0 aliphatic heterocycles. The first-order valence-electron chi connectivity index (χ1n) is 8.84. The van der Waals surface area contributed by atoms with Crippen LogP contribution in [0.25, 0.3) is 0 Å². The van der Waals surface area contributed by atoms with E-state index in [2.05, 4.69) is 17.4 Å². The Kier molecular flexibility index (Phi) is 6.41. The van der Waals surface area contributed by atoms with Crippen molar-refractivity contribution in [2.75, 3.05) is 6.54 Å². The second-order valence-electron chi connectivity index (χ2n) is 6.09. The van der Waals surface area contributed by atoms with Gasteiger partial charge in [0.05, 0.1) is 0 Å². The predicted molar refractivity (Wildman–Crippen MR) is 103 cm³/mol. The lowest BCUT2D eigenvalue weighted by atomic mass is 10.1. The molecule has 0 radical (unpaired) electrons. The fourth-order valence-electron chi connectivity index (χ4n) is 2.59. The fraction of sp³-hybridized carbons (Fsp3) is 0.182. The maximum Gasteiger partial charge on any atom is 0.287 e. The summed E-state index contributed by atoms with van der Waals surface area (Å²) in [5.74, 6) is -0.346. The Balaban J connectivity index is 1.48. The third kappa shape index (κ3) is 5.57. The van der Waals surface area contributed by atoms with Gasteiger partial charge < -0.3 is 14.5 Å². The SMILES string of the molecule is O=C(NCCCc1ccccc1)c1cc(=O)c(OCc2ccccc2)co1. The van der Waals surface area contributed by atoms with E-state index in [4.69, 9.17) is 9.15 Å². The Morgan fingerprint density at radius 1 is 0.963 bits per heavy atom. The van der Waals surface area contributed by atoms with Crippen molar-refractivity contribution >= 4 is 5.91 Å². The van der Waals surface area contributed by atoms with Crippen LogP contribution in [0.15, 0.2) is 82.2 Å². The smallest absolute Gasteiger partial charge is 0.287 e. The monoisotopic (exact) mass is 363 g/mol. The average Bonchev–Trinajstić information content (AvgIpc) is 2.71. The summed E-state index contributed by atoms with van der Waals surface area (Å²) in [6.45, 7) is 0.764. The van der Waals surface area contributed by atoms with Gasteiger partial charge in [-0.2, -0.15) is 0 Å². The molecule has 1 N–H and O–H groups in total. The van der Waals surface area contributed by atoms with Crippen molar-refractivity contribution in [2.24, 2.45) is 0 Å². The third-order valence-electron chi connectivity index (χ3n) is 4.03. The summed E-state index contributed by atoms with van der Waals surface area (Å²) in [7, 11) is 0. The van der Waals surface area contributed by atoms with Crippen molar-refractivity contribution in [1.82, 2.24) is 5.32 Å². The van der Waals surface area contributed by atoms with Crippen molar-refractivity contribution in [3.63, 3.8) is 0 Å². The number of rotatable bonds is 8. The molecule has 0 spiro atoms. The quantitative estimate of drug-likeness (QED) is 0.621. The number of aryl methyl sites for hydroxylation is 1. The van der Waals surface area contributed by atoms with Crippen LogP contribution >= 0.6 is 0 Å². The van der Waals surface area contributed by atoms with E-state index < -0.39 is 5.91 Å². The molecule has 1 aromatic heterocycles. The minimum atomic E-state index is -0.408. The third-order valence-corrected chi connectivity index (χ3v) is 4.03. The van der Waals surface area contributed by atoms with E-state index in [0.717, 1.165) is 24.5 Å². The normalized spacial score (nSPS) is 10.4. The van der Waals surface area contributed by atoms with Crippen molar-refractivity contribution < 1.29 is 13.9 Å². The molecule has 3 rings (SSSR count). The van der Waals surface area contributed by atoms with E-state index in [9.17, 15) is 9.59 Å². The first-order chi connectivity index (χ1) is 13.2. The van der Waals surface area contributed by atoms with Gasteiger partial charge in [0.25, 0.3) is 5.91 Å². The van der Waals surface area contributed by atoms with Gasteiger partial charge in [-0.1, -0.05) is 60.7 Å². The van der Waals surface area contributed by atoms with Crippen LogP contribution in [0.2, 0.25) is 0 Å². The second-order valence-corrected chi connectivity index (χ2v) is 6.09. The summed E-state index contributed by atoms with van der Waals surface area (Å²) >= 11 is 0. The highest BCUT2D eigenvalue weighted by atomic mass is 16.5. The van der Waals surface area contributed by atoms with Crippen LogP contribution in [-0.2, 0) is 13.0 Å². The number of amides is 1. The van der Waals surface area contributed by atoms with Gasteiger partial charge in [0.2, 0.25) is 11.2 Å². The Morgan fingerprint density at radius 3 is 2.30 bits per heavy atom. The van der Waals surface area contributed by atoms with Gasteiger partial charge >= 0.3 is 0 Å². The molecule has 0 saturated carbocycles. The molecule has 27 heavy (non-hydrogen) atoms. The molecule has 5 nitrogen and oxygen atoms in total. The second kappa shape index (κ2) is 9.38. The van der Waals surface area contributed by atoms with Gasteiger partial charge in [-0.25, -0.2) is 0 Å². The fourth-order valence-corrected chi connectivity index (χ4v) is 2.59. The molecular weight excluding hydrogens is 342 g/mol. The Hall–Kier alpha value is -3.34. The summed E-state index contributed by atoms with van der Waals surface area (Å²) in [6, 6.07) is 20.7. The summed E-state index contributed by atoms with van der Waals surface area (Å²) in [6.07, 6.45) is 2.86. The number of ether oxygens (including phenoxy) is 1. The van der Waals surface area contributed by atoms with Crippen molar-refractivity contribution in [3.05, 3.63) is 100 Å². The Bertz CT molecular complexity index is 920.